The molecule has 3 heterocycles. The minimum atomic E-state index is -0.555. The molecule has 2 fully saturated rings. The molecule has 2 aliphatic heterocycles. The van der Waals surface area contributed by atoms with E-state index in [1.54, 1.807) is 17.0 Å². The summed E-state index contributed by atoms with van der Waals surface area (Å²) in [5.74, 6) is 0.868. The Balaban J connectivity index is 1.46. The maximum atomic E-state index is 12.5. The fraction of sp³-hybridized carbons (Fsp3) is 0.517. The second kappa shape index (κ2) is 9.97. The van der Waals surface area contributed by atoms with Crippen molar-refractivity contribution in [3.8, 4) is 22.6 Å². The number of amides is 1. The summed E-state index contributed by atoms with van der Waals surface area (Å²) < 4.78 is 20.2. The molecule has 1 aromatic heterocycles. The zero-order valence-electron chi connectivity index (χ0n) is 22.7. The van der Waals surface area contributed by atoms with Gasteiger partial charge in [0, 0.05) is 25.6 Å². The van der Waals surface area contributed by atoms with E-state index in [1.165, 1.54) is 0 Å². The van der Waals surface area contributed by atoms with E-state index in [-0.39, 0.29) is 29.0 Å². The molecule has 38 heavy (non-hydrogen) atoms. The molecule has 2 saturated heterocycles. The van der Waals surface area contributed by atoms with Crippen molar-refractivity contribution in [1.29, 1.82) is 0 Å². The van der Waals surface area contributed by atoms with E-state index in [0.29, 0.717) is 25.4 Å². The highest BCUT2D eigenvalue weighted by Gasteiger charge is 2.44. The summed E-state index contributed by atoms with van der Waals surface area (Å²) >= 11 is 6.25. The van der Waals surface area contributed by atoms with Gasteiger partial charge in [-0.3, -0.25) is 0 Å². The third-order valence-electron chi connectivity index (χ3n) is 7.28. The Hall–Kier alpha value is -2.97. The van der Waals surface area contributed by atoms with Crippen LogP contribution in [0.25, 0.3) is 22.0 Å². The van der Waals surface area contributed by atoms with Crippen LogP contribution in [-0.4, -0.2) is 56.8 Å². The van der Waals surface area contributed by atoms with Crippen LogP contribution in [0.1, 0.15) is 60.1 Å². The SMILES string of the molecule is CC(C)(C)OC(=O)N1CC(C(C)(C)Oc2cc(-c3ccc(O)c(Cl)c3)cc3c2cnn3C2CCCCO2)C1. The number of nitrogens with zero attached hydrogens (tertiary/aromatic N) is 3. The topological polar surface area (TPSA) is 86.0 Å². The fourth-order valence-electron chi connectivity index (χ4n) is 4.96. The molecule has 1 N–H and O–H groups in total. The third kappa shape index (κ3) is 5.43. The Morgan fingerprint density at radius 2 is 1.87 bits per heavy atom. The summed E-state index contributed by atoms with van der Waals surface area (Å²) in [7, 11) is 0. The van der Waals surface area contributed by atoms with Gasteiger partial charge in [-0.25, -0.2) is 9.48 Å². The summed E-state index contributed by atoms with van der Waals surface area (Å²) in [4.78, 5) is 14.2. The van der Waals surface area contributed by atoms with Crippen LogP contribution in [0.2, 0.25) is 5.02 Å². The maximum Gasteiger partial charge on any atom is 0.410 e. The van der Waals surface area contributed by atoms with Crippen LogP contribution in [0.15, 0.2) is 36.5 Å². The maximum absolute atomic E-state index is 12.5. The first kappa shape index (κ1) is 26.6. The van der Waals surface area contributed by atoms with Crippen LogP contribution in [0.5, 0.6) is 11.5 Å². The van der Waals surface area contributed by atoms with Crippen molar-refractivity contribution in [2.45, 2.75) is 71.3 Å². The summed E-state index contributed by atoms with van der Waals surface area (Å²) in [6, 6.07) is 9.23. The van der Waals surface area contributed by atoms with Crippen LogP contribution < -0.4 is 4.74 Å². The summed E-state index contributed by atoms with van der Waals surface area (Å²) in [6.45, 7) is 11.5. The highest BCUT2D eigenvalue weighted by atomic mass is 35.5. The average molecular weight is 542 g/mol. The van der Waals surface area contributed by atoms with Crippen molar-refractivity contribution in [2.75, 3.05) is 19.7 Å². The van der Waals surface area contributed by atoms with Gasteiger partial charge >= 0.3 is 6.09 Å². The zero-order chi connectivity index (χ0) is 27.2. The van der Waals surface area contributed by atoms with Crippen LogP contribution in [0, 0.1) is 5.92 Å². The number of carbonyl (C=O) groups is 1. The molecular formula is C29H36ClN3O5. The molecule has 0 aliphatic carbocycles. The van der Waals surface area contributed by atoms with Crippen molar-refractivity contribution in [3.63, 3.8) is 0 Å². The Morgan fingerprint density at radius 3 is 2.53 bits per heavy atom. The number of phenolic OH excluding ortho intramolecular Hbond substituents is 1. The predicted molar refractivity (Wildman–Crippen MR) is 147 cm³/mol. The number of aromatic nitrogens is 2. The number of aromatic hydroxyl groups is 1. The molecule has 0 saturated carbocycles. The summed E-state index contributed by atoms with van der Waals surface area (Å²) in [6.07, 6.45) is 4.45. The van der Waals surface area contributed by atoms with Crippen molar-refractivity contribution in [3.05, 3.63) is 41.6 Å². The van der Waals surface area contributed by atoms with Crippen LogP contribution in [0.3, 0.4) is 0 Å². The molecule has 1 unspecified atom stereocenters. The van der Waals surface area contributed by atoms with Gasteiger partial charge in [0.25, 0.3) is 0 Å². The van der Waals surface area contributed by atoms with Gasteiger partial charge in [0.1, 0.15) is 22.7 Å². The number of hydrogen-bond donors (Lipinski definition) is 1. The molecule has 0 bridgehead atoms. The Morgan fingerprint density at radius 1 is 1.11 bits per heavy atom. The van der Waals surface area contributed by atoms with E-state index in [0.717, 1.165) is 41.3 Å². The average Bonchev–Trinajstić information content (AvgIpc) is 3.23. The van der Waals surface area contributed by atoms with Crippen molar-refractivity contribution < 1.29 is 24.1 Å². The number of ether oxygens (including phenoxy) is 3. The molecule has 1 amide bonds. The molecule has 9 heteroatoms. The fourth-order valence-corrected chi connectivity index (χ4v) is 5.14. The predicted octanol–water partition coefficient (Wildman–Crippen LogP) is 6.79. The van der Waals surface area contributed by atoms with Gasteiger partial charge in [-0.15, -0.1) is 0 Å². The van der Waals surface area contributed by atoms with Crippen molar-refractivity contribution in [1.82, 2.24) is 14.7 Å². The first-order valence-electron chi connectivity index (χ1n) is 13.2. The molecule has 2 aliphatic rings. The van der Waals surface area contributed by atoms with Crippen LogP contribution >= 0.6 is 11.6 Å². The van der Waals surface area contributed by atoms with Gasteiger partial charge in [-0.2, -0.15) is 5.10 Å². The Labute approximate surface area is 228 Å². The monoisotopic (exact) mass is 541 g/mol. The van der Waals surface area contributed by atoms with Crippen molar-refractivity contribution >= 4 is 28.6 Å². The molecule has 0 spiro atoms. The largest absolute Gasteiger partial charge is 0.506 e. The Bertz CT molecular complexity index is 1330. The molecular weight excluding hydrogens is 506 g/mol. The number of phenols is 1. The lowest BCUT2D eigenvalue weighted by atomic mass is 9.84. The van der Waals surface area contributed by atoms with Gasteiger partial charge in [0.2, 0.25) is 0 Å². The Kier molecular flexibility index (Phi) is 6.99. The first-order chi connectivity index (χ1) is 17.9. The molecule has 5 rings (SSSR count). The quantitative estimate of drug-likeness (QED) is 0.383. The van der Waals surface area contributed by atoms with Gasteiger partial charge in [0.05, 0.1) is 22.1 Å². The lowest BCUT2D eigenvalue weighted by Crippen LogP contribution is -2.60. The van der Waals surface area contributed by atoms with Crippen LogP contribution in [-0.2, 0) is 9.47 Å². The number of fused-ring (bicyclic) bond motifs is 1. The lowest BCUT2D eigenvalue weighted by molar-refractivity contribution is -0.0543. The van der Waals surface area contributed by atoms with E-state index in [4.69, 9.17) is 30.9 Å². The minimum absolute atomic E-state index is 0.0364. The van der Waals surface area contributed by atoms with E-state index in [2.05, 4.69) is 19.9 Å². The second-order valence-electron chi connectivity index (χ2n) is 11.8. The minimum Gasteiger partial charge on any atom is -0.506 e. The van der Waals surface area contributed by atoms with Gasteiger partial charge < -0.3 is 24.2 Å². The first-order valence-corrected chi connectivity index (χ1v) is 13.6. The number of carbonyl (C=O) groups excluding carboxylic acids is 1. The van der Waals surface area contributed by atoms with Gasteiger partial charge in [-0.1, -0.05) is 17.7 Å². The standard InChI is InChI=1S/C29H36ClN3O5/c1-28(2,3)38-27(35)32-16-20(17-32)29(4,5)37-25-14-19(18-9-10-24(34)22(30)12-18)13-23-21(25)15-31-33(23)26-8-6-7-11-36-26/h9-10,12-15,20,26,34H,6-8,11,16-17H2,1-5H3. The number of halogens is 1. The summed E-state index contributed by atoms with van der Waals surface area (Å²) in [5, 5.41) is 15.8. The molecule has 204 valence electrons. The third-order valence-corrected chi connectivity index (χ3v) is 7.58. The molecule has 2 aromatic carbocycles. The summed E-state index contributed by atoms with van der Waals surface area (Å²) in [5.41, 5.74) is 1.58. The van der Waals surface area contributed by atoms with E-state index in [9.17, 15) is 9.90 Å². The van der Waals surface area contributed by atoms with Gasteiger partial charge in [-0.05, 0) is 89.3 Å². The van der Waals surface area contributed by atoms with E-state index in [1.807, 2.05) is 43.8 Å². The van der Waals surface area contributed by atoms with Crippen LogP contribution in [0.4, 0.5) is 4.79 Å². The number of rotatable bonds is 5. The lowest BCUT2D eigenvalue weighted by Gasteiger charge is -2.47. The highest BCUT2D eigenvalue weighted by Crippen LogP contribution is 2.40. The zero-order valence-corrected chi connectivity index (χ0v) is 23.4. The smallest absolute Gasteiger partial charge is 0.410 e. The van der Waals surface area contributed by atoms with E-state index < -0.39 is 11.2 Å². The van der Waals surface area contributed by atoms with Gasteiger partial charge in [0.15, 0.2) is 6.23 Å². The second-order valence-corrected chi connectivity index (χ2v) is 12.2. The molecule has 3 aromatic rings. The number of hydrogen-bond acceptors (Lipinski definition) is 6. The molecule has 0 radical (unpaired) electrons. The van der Waals surface area contributed by atoms with E-state index >= 15 is 0 Å². The normalized spacial score (nSPS) is 18.9. The van der Waals surface area contributed by atoms with Crippen molar-refractivity contribution in [2.24, 2.45) is 5.92 Å². The number of benzene rings is 2. The molecule has 8 nitrogen and oxygen atoms in total. The highest BCUT2D eigenvalue weighted by molar-refractivity contribution is 6.32. The molecule has 1 atom stereocenters. The number of likely N-dealkylation sites (tertiary alicyclic amines) is 1.